The Morgan fingerprint density at radius 1 is 1.00 bits per heavy atom. The lowest BCUT2D eigenvalue weighted by Crippen LogP contribution is -2.34. The Kier molecular flexibility index (Phi) is 5.26. The highest BCUT2D eigenvalue weighted by Crippen LogP contribution is 2.39. The normalized spacial score (nSPS) is 35.6. The number of hydrogen-bond acceptors (Lipinski definition) is 3. The third-order valence-electron chi connectivity index (χ3n) is 3.66. The van der Waals surface area contributed by atoms with Crippen molar-refractivity contribution >= 4 is 0 Å². The lowest BCUT2D eigenvalue weighted by atomic mass is 9.95. The van der Waals surface area contributed by atoms with Gasteiger partial charge in [0.15, 0.2) is 0 Å². The number of unbranched alkanes of at least 4 members (excludes halogenated alkanes) is 2. The molecule has 1 saturated heterocycles. The molecule has 2 aliphatic rings. The van der Waals surface area contributed by atoms with Gasteiger partial charge < -0.3 is 14.2 Å². The smallest absolute Gasteiger partial charge is 0.110 e. The maximum Gasteiger partial charge on any atom is 0.110 e. The van der Waals surface area contributed by atoms with Crippen LogP contribution in [0, 0.1) is 0 Å². The van der Waals surface area contributed by atoms with Crippen molar-refractivity contribution in [2.24, 2.45) is 0 Å². The Hall–Kier alpha value is -0.120. The molecule has 2 rings (SSSR count). The van der Waals surface area contributed by atoms with Crippen LogP contribution in [0.5, 0.6) is 0 Å². The van der Waals surface area contributed by atoms with E-state index in [0.717, 1.165) is 38.9 Å². The number of ether oxygens (including phenoxy) is 3. The van der Waals surface area contributed by atoms with Crippen molar-refractivity contribution < 1.29 is 14.2 Å². The first-order valence-corrected chi connectivity index (χ1v) is 7.23. The molecule has 0 N–H and O–H groups in total. The molecule has 3 nitrogen and oxygen atoms in total. The van der Waals surface area contributed by atoms with Crippen molar-refractivity contribution in [3.8, 4) is 0 Å². The van der Waals surface area contributed by atoms with E-state index in [2.05, 4.69) is 13.8 Å². The van der Waals surface area contributed by atoms with Crippen LogP contribution in [0.2, 0.25) is 0 Å². The topological polar surface area (TPSA) is 31.0 Å². The molecule has 1 aliphatic heterocycles. The minimum atomic E-state index is 0.284. The molecular weight excluding hydrogens is 216 g/mol. The highest BCUT2D eigenvalue weighted by molar-refractivity contribution is 4.99. The van der Waals surface area contributed by atoms with Gasteiger partial charge in [0, 0.05) is 26.1 Å². The van der Waals surface area contributed by atoms with E-state index in [1.165, 1.54) is 12.8 Å². The minimum Gasteiger partial charge on any atom is -0.378 e. The highest BCUT2D eigenvalue weighted by atomic mass is 16.6. The molecule has 0 radical (unpaired) electrons. The molecule has 4 atom stereocenters. The Bertz CT molecular complexity index is 220. The average molecular weight is 242 g/mol. The SMILES string of the molecule is CCCCO[C@@H]1C[C@@H]2O[C@@H]2[C@H](OCCCC)C1. The van der Waals surface area contributed by atoms with Gasteiger partial charge in [-0.15, -0.1) is 0 Å². The quantitative estimate of drug-likeness (QED) is 0.484. The summed E-state index contributed by atoms with van der Waals surface area (Å²) in [5, 5.41) is 0. The number of fused-ring (bicyclic) bond motifs is 1. The van der Waals surface area contributed by atoms with Crippen LogP contribution in [0.1, 0.15) is 52.4 Å². The molecule has 2 fully saturated rings. The molecule has 0 aromatic carbocycles. The van der Waals surface area contributed by atoms with Crippen molar-refractivity contribution in [1.82, 2.24) is 0 Å². The van der Waals surface area contributed by atoms with E-state index >= 15 is 0 Å². The predicted molar refractivity (Wildman–Crippen MR) is 67.2 cm³/mol. The van der Waals surface area contributed by atoms with Gasteiger partial charge in [-0.3, -0.25) is 0 Å². The van der Waals surface area contributed by atoms with Gasteiger partial charge in [-0.2, -0.15) is 0 Å². The van der Waals surface area contributed by atoms with Gasteiger partial charge in [0.2, 0.25) is 0 Å². The van der Waals surface area contributed by atoms with Crippen LogP contribution in [-0.4, -0.2) is 37.6 Å². The van der Waals surface area contributed by atoms with E-state index in [-0.39, 0.29) is 6.10 Å². The molecule has 0 bridgehead atoms. The molecule has 0 unspecified atom stereocenters. The lowest BCUT2D eigenvalue weighted by molar-refractivity contribution is -0.0368. The van der Waals surface area contributed by atoms with Crippen molar-refractivity contribution in [1.29, 1.82) is 0 Å². The molecule has 0 amide bonds. The van der Waals surface area contributed by atoms with Gasteiger partial charge in [0.05, 0.1) is 18.3 Å². The molecule has 100 valence electrons. The first-order valence-electron chi connectivity index (χ1n) is 7.23. The maximum atomic E-state index is 5.91. The van der Waals surface area contributed by atoms with Crippen LogP contribution < -0.4 is 0 Å². The third-order valence-corrected chi connectivity index (χ3v) is 3.66. The monoisotopic (exact) mass is 242 g/mol. The van der Waals surface area contributed by atoms with Crippen molar-refractivity contribution in [2.75, 3.05) is 13.2 Å². The highest BCUT2D eigenvalue weighted by Gasteiger charge is 2.51. The summed E-state index contributed by atoms with van der Waals surface area (Å²) in [6.07, 6.45) is 8.23. The Morgan fingerprint density at radius 2 is 1.71 bits per heavy atom. The summed E-state index contributed by atoms with van der Waals surface area (Å²) in [7, 11) is 0. The Morgan fingerprint density at radius 3 is 2.41 bits per heavy atom. The van der Waals surface area contributed by atoms with E-state index in [9.17, 15) is 0 Å². The molecule has 1 saturated carbocycles. The zero-order valence-electron chi connectivity index (χ0n) is 11.2. The average Bonchev–Trinajstić information content (AvgIpc) is 3.09. The molecule has 17 heavy (non-hydrogen) atoms. The standard InChI is InChI=1S/C14H26O3/c1-3-5-7-15-11-9-12(16-8-6-4-2)14-13(10-11)17-14/h11-14H,3-10H2,1-2H3/t11-,12+,13-,14+/m0/s1. The van der Waals surface area contributed by atoms with Gasteiger partial charge in [-0.05, 0) is 12.8 Å². The first kappa shape index (κ1) is 13.3. The minimum absolute atomic E-state index is 0.284. The molecule has 0 aromatic rings. The van der Waals surface area contributed by atoms with Crippen LogP contribution >= 0.6 is 0 Å². The molecule has 0 spiro atoms. The third kappa shape index (κ3) is 3.94. The number of epoxide rings is 1. The Balaban J connectivity index is 1.67. The fourth-order valence-electron chi connectivity index (χ4n) is 2.49. The molecule has 3 heteroatoms. The maximum absolute atomic E-state index is 5.91. The van der Waals surface area contributed by atoms with Crippen molar-refractivity contribution in [2.45, 2.75) is 76.8 Å². The summed E-state index contributed by atoms with van der Waals surface area (Å²) < 4.78 is 17.5. The number of hydrogen-bond donors (Lipinski definition) is 0. The van der Waals surface area contributed by atoms with E-state index in [1.54, 1.807) is 0 Å². The molecular formula is C14H26O3. The van der Waals surface area contributed by atoms with E-state index in [4.69, 9.17) is 14.2 Å². The number of rotatable bonds is 8. The van der Waals surface area contributed by atoms with Crippen LogP contribution in [0.3, 0.4) is 0 Å². The lowest BCUT2D eigenvalue weighted by Gasteiger charge is -2.26. The van der Waals surface area contributed by atoms with Gasteiger partial charge in [-0.25, -0.2) is 0 Å². The second kappa shape index (κ2) is 6.72. The first-order chi connectivity index (χ1) is 8.35. The summed E-state index contributed by atoms with van der Waals surface area (Å²) in [5.74, 6) is 0. The summed E-state index contributed by atoms with van der Waals surface area (Å²) in [5.41, 5.74) is 0. The zero-order chi connectivity index (χ0) is 12.1. The predicted octanol–water partition coefficient (Wildman–Crippen LogP) is 2.92. The molecule has 1 aliphatic carbocycles. The van der Waals surface area contributed by atoms with Gasteiger partial charge in [0.1, 0.15) is 6.10 Å². The van der Waals surface area contributed by atoms with Crippen LogP contribution in [0.25, 0.3) is 0 Å². The second-order valence-electron chi connectivity index (χ2n) is 5.22. The van der Waals surface area contributed by atoms with Gasteiger partial charge in [-0.1, -0.05) is 26.7 Å². The van der Waals surface area contributed by atoms with E-state index in [1.807, 2.05) is 0 Å². The van der Waals surface area contributed by atoms with Crippen LogP contribution in [0.4, 0.5) is 0 Å². The van der Waals surface area contributed by atoms with Crippen LogP contribution in [-0.2, 0) is 14.2 Å². The molecule has 0 aromatic heterocycles. The molecule has 1 heterocycles. The fourth-order valence-corrected chi connectivity index (χ4v) is 2.49. The van der Waals surface area contributed by atoms with Gasteiger partial charge in [0.25, 0.3) is 0 Å². The van der Waals surface area contributed by atoms with E-state index < -0.39 is 0 Å². The second-order valence-corrected chi connectivity index (χ2v) is 5.22. The van der Waals surface area contributed by atoms with Crippen molar-refractivity contribution in [3.05, 3.63) is 0 Å². The van der Waals surface area contributed by atoms with Crippen LogP contribution in [0.15, 0.2) is 0 Å². The summed E-state index contributed by atoms with van der Waals surface area (Å²) in [4.78, 5) is 0. The summed E-state index contributed by atoms with van der Waals surface area (Å²) in [6.45, 7) is 6.15. The summed E-state index contributed by atoms with van der Waals surface area (Å²) >= 11 is 0. The van der Waals surface area contributed by atoms with Gasteiger partial charge >= 0.3 is 0 Å². The largest absolute Gasteiger partial charge is 0.378 e. The van der Waals surface area contributed by atoms with E-state index in [0.29, 0.717) is 18.3 Å². The summed E-state index contributed by atoms with van der Waals surface area (Å²) in [6, 6.07) is 0. The fraction of sp³-hybridized carbons (Fsp3) is 1.00. The van der Waals surface area contributed by atoms with Crippen molar-refractivity contribution in [3.63, 3.8) is 0 Å². The zero-order valence-corrected chi connectivity index (χ0v) is 11.2. The Labute approximate surface area is 105 Å².